The fourth-order valence-corrected chi connectivity index (χ4v) is 4.46. The number of benzene rings is 2. The zero-order valence-electron chi connectivity index (χ0n) is 18.0. The topological polar surface area (TPSA) is 89.9 Å². The standard InChI is InChI=1S/C23H24ClN5O2S/c1-3-30-16-9-10-18(31-4-2)19(13-16)32-23-27-20-21(25)26-14-29(22(20)28-23)12-11-15-7-5-6-8-17(15)24/h5-10,13-14H,3-4,11-12H2,1-2H3,(H2,25,27,28)/p+1. The SMILES string of the molecule is CCOc1ccc(OCC)c(Sc2nc3c([nH]2)c(N)nc[n+]3CCc2ccccc2Cl)c1. The van der Waals surface area contributed by atoms with Crippen molar-refractivity contribution in [3.05, 3.63) is 59.4 Å². The summed E-state index contributed by atoms with van der Waals surface area (Å²) in [5.41, 5.74) is 8.65. The number of nitrogens with two attached hydrogens (primary N) is 1. The molecular formula is C23H25ClN5O2S+. The van der Waals surface area contributed by atoms with Crippen molar-refractivity contribution in [2.24, 2.45) is 0 Å². The zero-order valence-corrected chi connectivity index (χ0v) is 19.5. The Morgan fingerprint density at radius 2 is 1.94 bits per heavy atom. The number of aromatic nitrogens is 4. The number of anilines is 1. The highest BCUT2D eigenvalue weighted by atomic mass is 35.5. The number of aryl methyl sites for hydroxylation is 2. The van der Waals surface area contributed by atoms with Gasteiger partial charge < -0.3 is 20.2 Å². The van der Waals surface area contributed by atoms with Gasteiger partial charge in [0.1, 0.15) is 11.5 Å². The molecule has 4 aromatic rings. The third kappa shape index (κ3) is 4.92. The van der Waals surface area contributed by atoms with Gasteiger partial charge in [-0.25, -0.2) is 4.57 Å². The molecule has 0 aliphatic rings. The summed E-state index contributed by atoms with van der Waals surface area (Å²) in [4.78, 5) is 13.3. The fourth-order valence-electron chi connectivity index (χ4n) is 3.34. The first-order valence-electron chi connectivity index (χ1n) is 10.4. The van der Waals surface area contributed by atoms with Crippen molar-refractivity contribution in [1.82, 2.24) is 15.0 Å². The molecule has 7 nitrogen and oxygen atoms in total. The molecule has 0 aliphatic carbocycles. The van der Waals surface area contributed by atoms with Crippen molar-refractivity contribution in [3.63, 3.8) is 0 Å². The minimum atomic E-state index is 0.404. The first-order chi connectivity index (χ1) is 15.6. The van der Waals surface area contributed by atoms with Crippen molar-refractivity contribution >= 4 is 40.3 Å². The highest BCUT2D eigenvalue weighted by Gasteiger charge is 2.20. The normalized spacial score (nSPS) is 11.1. The van der Waals surface area contributed by atoms with Crippen molar-refractivity contribution in [1.29, 1.82) is 0 Å². The molecule has 9 heteroatoms. The van der Waals surface area contributed by atoms with Gasteiger partial charge in [0.15, 0.2) is 5.52 Å². The molecule has 2 aromatic heterocycles. The zero-order chi connectivity index (χ0) is 22.5. The first kappa shape index (κ1) is 22.2. The van der Waals surface area contributed by atoms with Gasteiger partial charge in [0.25, 0.3) is 5.65 Å². The van der Waals surface area contributed by atoms with Gasteiger partial charge in [-0.2, -0.15) is 0 Å². The van der Waals surface area contributed by atoms with Crippen LogP contribution in [-0.2, 0) is 13.0 Å². The van der Waals surface area contributed by atoms with Crippen molar-refractivity contribution in [3.8, 4) is 11.5 Å². The second-order valence-electron chi connectivity index (χ2n) is 6.98. The Kier molecular flexibility index (Phi) is 7.02. The number of hydrogen-bond donors (Lipinski definition) is 2. The summed E-state index contributed by atoms with van der Waals surface area (Å²) in [6, 6.07) is 13.6. The number of nitrogen functional groups attached to an aromatic ring is 1. The molecule has 4 rings (SSSR count). The highest BCUT2D eigenvalue weighted by Crippen LogP contribution is 2.37. The monoisotopic (exact) mass is 470 g/mol. The molecule has 0 bridgehead atoms. The minimum Gasteiger partial charge on any atom is -0.494 e. The lowest BCUT2D eigenvalue weighted by Gasteiger charge is -2.10. The lowest BCUT2D eigenvalue weighted by atomic mass is 10.1. The van der Waals surface area contributed by atoms with Gasteiger partial charge >= 0.3 is 0 Å². The van der Waals surface area contributed by atoms with E-state index in [4.69, 9.17) is 31.8 Å². The molecule has 0 atom stereocenters. The van der Waals surface area contributed by atoms with E-state index in [2.05, 4.69) is 9.97 Å². The van der Waals surface area contributed by atoms with E-state index < -0.39 is 0 Å². The third-order valence-corrected chi connectivity index (χ3v) is 6.13. The number of ether oxygens (including phenoxy) is 2. The lowest BCUT2D eigenvalue weighted by Crippen LogP contribution is -2.36. The Bertz CT molecular complexity index is 1230. The van der Waals surface area contributed by atoms with Crippen molar-refractivity contribution in [2.45, 2.75) is 36.9 Å². The number of fused-ring (bicyclic) bond motifs is 1. The van der Waals surface area contributed by atoms with Gasteiger partial charge in [-0.1, -0.05) is 39.8 Å². The lowest BCUT2D eigenvalue weighted by molar-refractivity contribution is -0.675. The number of nitrogens with one attached hydrogen (secondary N) is 1. The maximum Gasteiger partial charge on any atom is 0.294 e. The maximum absolute atomic E-state index is 6.31. The second-order valence-corrected chi connectivity index (χ2v) is 8.42. The molecule has 0 saturated heterocycles. The van der Waals surface area contributed by atoms with Gasteiger partial charge in [-0.15, -0.1) is 0 Å². The number of halogens is 1. The van der Waals surface area contributed by atoms with Crippen LogP contribution in [0.3, 0.4) is 0 Å². The van der Waals surface area contributed by atoms with Crippen LogP contribution in [0.5, 0.6) is 11.5 Å². The van der Waals surface area contributed by atoms with Crippen molar-refractivity contribution < 1.29 is 14.0 Å². The third-order valence-electron chi connectivity index (χ3n) is 4.84. The molecule has 2 aromatic carbocycles. The molecule has 2 heterocycles. The Morgan fingerprint density at radius 1 is 1.12 bits per heavy atom. The van der Waals surface area contributed by atoms with Crippen LogP contribution in [0.2, 0.25) is 5.02 Å². The average molecular weight is 471 g/mol. The quantitative estimate of drug-likeness (QED) is 0.345. The van der Waals surface area contributed by atoms with Gasteiger partial charge in [-0.05, 0) is 55.4 Å². The molecular weight excluding hydrogens is 446 g/mol. The molecule has 3 N–H and O–H groups in total. The molecule has 0 radical (unpaired) electrons. The Balaban J connectivity index is 1.64. The van der Waals surface area contributed by atoms with Crippen LogP contribution in [0, 0.1) is 0 Å². The summed E-state index contributed by atoms with van der Waals surface area (Å²) < 4.78 is 13.4. The Labute approximate surface area is 195 Å². The van der Waals surface area contributed by atoms with Crippen LogP contribution in [0.4, 0.5) is 5.82 Å². The number of rotatable bonds is 9. The van der Waals surface area contributed by atoms with Crippen molar-refractivity contribution in [2.75, 3.05) is 18.9 Å². The van der Waals surface area contributed by atoms with Gasteiger partial charge in [0.2, 0.25) is 17.3 Å². The number of nitrogens with zero attached hydrogens (tertiary/aromatic N) is 3. The molecule has 0 aliphatic heterocycles. The molecule has 0 saturated carbocycles. The number of H-pyrrole nitrogens is 1. The fraction of sp³-hybridized carbons (Fsp3) is 0.261. The van der Waals surface area contributed by atoms with E-state index in [1.807, 2.05) is 60.9 Å². The summed E-state index contributed by atoms with van der Waals surface area (Å²) in [5.74, 6) is 1.96. The van der Waals surface area contributed by atoms with E-state index >= 15 is 0 Å². The van der Waals surface area contributed by atoms with E-state index in [-0.39, 0.29) is 0 Å². The largest absolute Gasteiger partial charge is 0.494 e. The van der Waals surface area contributed by atoms with E-state index in [9.17, 15) is 0 Å². The summed E-state index contributed by atoms with van der Waals surface area (Å²) in [6.07, 6.45) is 2.47. The van der Waals surface area contributed by atoms with Gasteiger partial charge in [0, 0.05) is 11.4 Å². The molecule has 32 heavy (non-hydrogen) atoms. The molecule has 0 spiro atoms. The first-order valence-corrected chi connectivity index (χ1v) is 11.6. The summed E-state index contributed by atoms with van der Waals surface area (Å²) in [7, 11) is 0. The van der Waals surface area contributed by atoms with Crippen LogP contribution in [0.25, 0.3) is 11.2 Å². The Hall–Kier alpha value is -2.97. The number of aromatic amines is 1. The summed E-state index contributed by atoms with van der Waals surface area (Å²) in [5, 5.41) is 1.45. The Morgan fingerprint density at radius 3 is 2.72 bits per heavy atom. The predicted octanol–water partition coefficient (Wildman–Crippen LogP) is 4.67. The predicted molar refractivity (Wildman–Crippen MR) is 127 cm³/mol. The van der Waals surface area contributed by atoms with E-state index in [0.717, 1.165) is 39.0 Å². The molecule has 0 unspecified atom stereocenters. The van der Waals surface area contributed by atoms with Gasteiger partial charge in [-0.3, -0.25) is 0 Å². The van der Waals surface area contributed by atoms with E-state index in [1.54, 1.807) is 6.33 Å². The molecule has 166 valence electrons. The number of imidazole rings is 1. The second kappa shape index (κ2) is 10.1. The molecule has 0 fully saturated rings. The van der Waals surface area contributed by atoms with E-state index in [1.165, 1.54) is 11.8 Å². The van der Waals surface area contributed by atoms with Crippen LogP contribution in [0.1, 0.15) is 19.4 Å². The smallest absolute Gasteiger partial charge is 0.294 e. The molecule has 0 amide bonds. The van der Waals surface area contributed by atoms with Gasteiger partial charge in [0.05, 0.1) is 24.7 Å². The van der Waals surface area contributed by atoms with Crippen LogP contribution < -0.4 is 19.8 Å². The average Bonchev–Trinajstić information content (AvgIpc) is 3.21. The highest BCUT2D eigenvalue weighted by molar-refractivity contribution is 7.99. The maximum atomic E-state index is 6.31. The van der Waals surface area contributed by atoms with Crippen LogP contribution in [0.15, 0.2) is 58.8 Å². The summed E-state index contributed by atoms with van der Waals surface area (Å²) in [6.45, 7) is 5.75. The van der Waals surface area contributed by atoms with Crippen LogP contribution in [-0.4, -0.2) is 28.2 Å². The minimum absolute atomic E-state index is 0.404. The van der Waals surface area contributed by atoms with E-state index in [0.29, 0.717) is 36.2 Å². The number of hydrogen-bond acceptors (Lipinski definition) is 6. The van der Waals surface area contributed by atoms with Crippen LogP contribution >= 0.6 is 23.4 Å². The summed E-state index contributed by atoms with van der Waals surface area (Å²) >= 11 is 7.78.